The topological polar surface area (TPSA) is 138 Å². The zero-order chi connectivity index (χ0) is 36.8. The monoisotopic (exact) mass is 834 g/mol. The van der Waals surface area contributed by atoms with Crippen LogP contribution >= 0.6 is 43.5 Å². The molecule has 0 radical (unpaired) electrons. The SMILES string of the molecule is COc1cc(/C=C(\C(C)=O)C(=O)Nn2c(/C(=C/c3ccccc3Cl)NC(=O)c3ccccc3)nc3c(Br)cc(Br)cc3c2=O)cc(OC)c1OC. The Labute approximate surface area is 314 Å². The fourth-order valence-corrected chi connectivity index (χ4v) is 6.53. The molecule has 4 aromatic carbocycles. The number of hydrogen-bond donors (Lipinski definition) is 2. The highest BCUT2D eigenvalue weighted by Crippen LogP contribution is 2.39. The number of hydrogen-bond acceptors (Lipinski definition) is 8. The van der Waals surface area contributed by atoms with Crippen LogP contribution in [0.3, 0.4) is 0 Å². The van der Waals surface area contributed by atoms with Crippen LogP contribution in [0.5, 0.6) is 17.2 Å². The van der Waals surface area contributed by atoms with E-state index in [1.165, 1.54) is 40.4 Å². The maximum absolute atomic E-state index is 14.3. The standard InChI is InChI=1S/C37H29Br2ClN4O7/c1-20(45)25(14-21-15-30(49-2)33(51-4)31(16-21)50-3)36(47)43-44-34(42-32-26(37(44)48)18-24(38)19-27(32)39)29(17-23-12-8-9-13-28(23)40)41-35(46)22-10-6-5-7-11-22/h5-19H,1-4H3,(H,41,46)(H,43,47)/b25-14+,29-17-. The van der Waals surface area contributed by atoms with Crippen LogP contribution in [0.1, 0.15) is 34.2 Å². The Bertz CT molecular complexity index is 2280. The number of Topliss-reactive ketones (excluding diaryl/α,β-unsaturated/α-hetero) is 1. The van der Waals surface area contributed by atoms with Crippen LogP contribution in [0.15, 0.2) is 98.2 Å². The minimum Gasteiger partial charge on any atom is -0.493 e. The van der Waals surface area contributed by atoms with Crippen molar-refractivity contribution in [3.63, 3.8) is 0 Å². The van der Waals surface area contributed by atoms with Gasteiger partial charge < -0.3 is 19.5 Å². The molecular weight excluding hydrogens is 808 g/mol. The molecule has 2 amide bonds. The van der Waals surface area contributed by atoms with E-state index in [1.54, 1.807) is 78.9 Å². The molecule has 0 unspecified atom stereocenters. The number of benzene rings is 4. The lowest BCUT2D eigenvalue weighted by Gasteiger charge is -2.19. The number of ketones is 1. The van der Waals surface area contributed by atoms with E-state index in [0.717, 1.165) is 4.68 Å². The van der Waals surface area contributed by atoms with Crippen LogP contribution in [-0.4, -0.2) is 48.6 Å². The molecule has 0 aliphatic rings. The summed E-state index contributed by atoms with van der Waals surface area (Å²) in [7, 11) is 4.32. The minimum atomic E-state index is -0.943. The average Bonchev–Trinajstić information content (AvgIpc) is 3.12. The minimum absolute atomic E-state index is 0.0176. The van der Waals surface area contributed by atoms with E-state index < -0.39 is 23.2 Å². The number of methoxy groups -OCH3 is 3. The number of carbonyl (C=O) groups excluding carboxylic acids is 3. The maximum Gasteiger partial charge on any atom is 0.280 e. The van der Waals surface area contributed by atoms with Gasteiger partial charge in [0.15, 0.2) is 23.1 Å². The number of carbonyl (C=O) groups is 3. The van der Waals surface area contributed by atoms with Crippen molar-refractivity contribution in [2.24, 2.45) is 0 Å². The van der Waals surface area contributed by atoms with Gasteiger partial charge in [-0.05, 0) is 88.6 Å². The molecule has 0 atom stereocenters. The van der Waals surface area contributed by atoms with Gasteiger partial charge in [-0.2, -0.15) is 4.68 Å². The Morgan fingerprint density at radius 1 is 0.863 bits per heavy atom. The molecule has 2 N–H and O–H groups in total. The number of halogens is 3. The summed E-state index contributed by atoms with van der Waals surface area (Å²) in [4.78, 5) is 59.6. The van der Waals surface area contributed by atoms with E-state index in [9.17, 15) is 19.2 Å². The van der Waals surface area contributed by atoms with Crippen LogP contribution in [0.2, 0.25) is 5.02 Å². The Morgan fingerprint density at radius 2 is 1.51 bits per heavy atom. The summed E-state index contributed by atoms with van der Waals surface area (Å²) in [6.45, 7) is 1.21. The molecule has 11 nitrogen and oxygen atoms in total. The van der Waals surface area contributed by atoms with Gasteiger partial charge >= 0.3 is 0 Å². The highest BCUT2D eigenvalue weighted by molar-refractivity contribution is 9.11. The molecule has 0 saturated heterocycles. The fraction of sp³-hybridized carbons (Fsp3) is 0.108. The van der Waals surface area contributed by atoms with Gasteiger partial charge in [-0.15, -0.1) is 0 Å². The summed E-state index contributed by atoms with van der Waals surface area (Å²) in [5.41, 5.74) is 2.96. The van der Waals surface area contributed by atoms with Crippen molar-refractivity contribution in [3.8, 4) is 17.2 Å². The van der Waals surface area contributed by atoms with Gasteiger partial charge in [0.1, 0.15) is 0 Å². The molecule has 0 spiro atoms. The van der Waals surface area contributed by atoms with Crippen molar-refractivity contribution >= 4 is 89.8 Å². The van der Waals surface area contributed by atoms with E-state index in [2.05, 4.69) is 42.6 Å². The number of rotatable bonds is 11. The Balaban J connectivity index is 1.73. The zero-order valence-corrected chi connectivity index (χ0v) is 31.5. The molecule has 5 rings (SSSR count). The van der Waals surface area contributed by atoms with E-state index >= 15 is 0 Å². The van der Waals surface area contributed by atoms with Crippen molar-refractivity contribution in [2.45, 2.75) is 6.92 Å². The van der Waals surface area contributed by atoms with Crippen LogP contribution < -0.4 is 30.5 Å². The average molecular weight is 837 g/mol. The molecule has 1 heterocycles. The molecular formula is C37H29Br2ClN4O7. The highest BCUT2D eigenvalue weighted by atomic mass is 79.9. The first-order valence-corrected chi connectivity index (χ1v) is 17.0. The number of nitrogens with zero attached hydrogens (tertiary/aromatic N) is 2. The van der Waals surface area contributed by atoms with Crippen LogP contribution in [0.25, 0.3) is 28.8 Å². The summed E-state index contributed by atoms with van der Waals surface area (Å²) >= 11 is 13.4. The first-order chi connectivity index (χ1) is 24.4. The first-order valence-electron chi connectivity index (χ1n) is 15.0. The third-order valence-electron chi connectivity index (χ3n) is 7.46. The lowest BCUT2D eigenvalue weighted by molar-refractivity contribution is -0.119. The lowest BCUT2D eigenvalue weighted by atomic mass is 10.1. The van der Waals surface area contributed by atoms with Gasteiger partial charge in [-0.1, -0.05) is 63.9 Å². The molecule has 0 aliphatic heterocycles. The predicted molar refractivity (Wildman–Crippen MR) is 204 cm³/mol. The summed E-state index contributed by atoms with van der Waals surface area (Å²) in [6.07, 6.45) is 2.86. The predicted octanol–water partition coefficient (Wildman–Crippen LogP) is 7.27. The van der Waals surface area contributed by atoms with Gasteiger partial charge in [-0.25, -0.2) is 4.98 Å². The smallest absolute Gasteiger partial charge is 0.280 e. The van der Waals surface area contributed by atoms with E-state index in [4.69, 9.17) is 30.8 Å². The van der Waals surface area contributed by atoms with Gasteiger partial charge in [0.2, 0.25) is 5.75 Å². The third kappa shape index (κ3) is 8.22. The largest absolute Gasteiger partial charge is 0.493 e. The Hall–Kier alpha value is -5.24. The van der Waals surface area contributed by atoms with Crippen LogP contribution in [0, 0.1) is 0 Å². The van der Waals surface area contributed by atoms with E-state index in [-0.39, 0.29) is 28.0 Å². The molecule has 260 valence electrons. The second-order valence-corrected chi connectivity index (χ2v) is 13.0. The summed E-state index contributed by atoms with van der Waals surface area (Å²) in [5.74, 6) is -1.34. The number of fused-ring (bicyclic) bond motifs is 1. The number of amides is 2. The van der Waals surface area contributed by atoms with Gasteiger partial charge in [0, 0.05) is 19.5 Å². The summed E-state index contributed by atoms with van der Waals surface area (Å²) in [5, 5.41) is 3.30. The van der Waals surface area contributed by atoms with Crippen LogP contribution in [0.4, 0.5) is 0 Å². The van der Waals surface area contributed by atoms with E-state index in [0.29, 0.717) is 47.9 Å². The van der Waals surface area contributed by atoms with E-state index in [1.807, 2.05) is 0 Å². The van der Waals surface area contributed by atoms with Gasteiger partial charge in [-0.3, -0.25) is 24.6 Å². The van der Waals surface area contributed by atoms with Crippen molar-refractivity contribution in [2.75, 3.05) is 26.8 Å². The molecule has 0 fully saturated rings. The first kappa shape index (κ1) is 37.0. The summed E-state index contributed by atoms with van der Waals surface area (Å²) in [6, 6.07) is 21.6. The Morgan fingerprint density at radius 3 is 2.12 bits per heavy atom. The molecule has 51 heavy (non-hydrogen) atoms. The molecule has 5 aromatic rings. The van der Waals surface area contributed by atoms with Gasteiger partial charge in [0.05, 0.1) is 43.5 Å². The quantitative estimate of drug-likeness (QED) is 0.0806. The van der Waals surface area contributed by atoms with Crippen molar-refractivity contribution in [1.82, 2.24) is 15.0 Å². The maximum atomic E-state index is 14.3. The number of aromatic nitrogens is 2. The second-order valence-electron chi connectivity index (χ2n) is 10.8. The van der Waals surface area contributed by atoms with Gasteiger partial charge in [0.25, 0.3) is 17.4 Å². The third-order valence-corrected chi connectivity index (χ3v) is 8.86. The molecule has 0 saturated carbocycles. The molecule has 14 heteroatoms. The highest BCUT2D eigenvalue weighted by Gasteiger charge is 2.24. The second kappa shape index (κ2) is 16.2. The van der Waals surface area contributed by atoms with Crippen molar-refractivity contribution < 1.29 is 28.6 Å². The molecule has 1 aromatic heterocycles. The molecule has 0 aliphatic carbocycles. The Kier molecular flexibility index (Phi) is 11.8. The van der Waals surface area contributed by atoms with Crippen molar-refractivity contribution in [1.29, 1.82) is 0 Å². The van der Waals surface area contributed by atoms with Crippen LogP contribution in [-0.2, 0) is 9.59 Å². The summed E-state index contributed by atoms with van der Waals surface area (Å²) < 4.78 is 18.1. The number of ether oxygens (including phenoxy) is 3. The fourth-order valence-electron chi connectivity index (χ4n) is 5.03. The zero-order valence-electron chi connectivity index (χ0n) is 27.5. The normalized spacial score (nSPS) is 11.6. The van der Waals surface area contributed by atoms with Crippen molar-refractivity contribution in [3.05, 3.63) is 131 Å². The lowest BCUT2D eigenvalue weighted by Crippen LogP contribution is -2.39. The molecule has 0 bridgehead atoms. The number of nitrogens with one attached hydrogen (secondary N) is 2.